The third-order valence-corrected chi connectivity index (χ3v) is 4.67. The Bertz CT molecular complexity index is 356. The van der Waals surface area contributed by atoms with Crippen molar-refractivity contribution in [2.24, 2.45) is 0 Å². The molecule has 1 aromatic carbocycles. The molecule has 0 bridgehead atoms. The molecule has 0 radical (unpaired) electrons. The van der Waals surface area contributed by atoms with Gasteiger partial charge in [0.05, 0.1) is 0 Å². The van der Waals surface area contributed by atoms with Crippen molar-refractivity contribution >= 4 is 11.8 Å². The lowest BCUT2D eigenvalue weighted by molar-refractivity contribution is 0.395. The summed E-state index contributed by atoms with van der Waals surface area (Å²) in [4.78, 5) is 1.46. The first kappa shape index (κ1) is 13.0. The molecule has 1 heterocycles. The lowest BCUT2D eigenvalue weighted by Gasteiger charge is -2.23. The van der Waals surface area contributed by atoms with Gasteiger partial charge in [0.15, 0.2) is 0 Å². The number of rotatable bonds is 4. The van der Waals surface area contributed by atoms with Gasteiger partial charge in [-0.15, -0.1) is 11.8 Å². The molecule has 0 amide bonds. The average molecular weight is 249 g/mol. The third-order valence-electron chi connectivity index (χ3n) is 3.48. The zero-order valence-electron chi connectivity index (χ0n) is 11.0. The van der Waals surface area contributed by atoms with Crippen molar-refractivity contribution in [3.8, 4) is 0 Å². The first-order valence-corrected chi connectivity index (χ1v) is 7.68. The van der Waals surface area contributed by atoms with Crippen LogP contribution in [0.5, 0.6) is 0 Å². The van der Waals surface area contributed by atoms with E-state index in [1.807, 2.05) is 11.8 Å². The van der Waals surface area contributed by atoms with E-state index in [1.165, 1.54) is 54.0 Å². The quantitative estimate of drug-likeness (QED) is 0.812. The van der Waals surface area contributed by atoms with Gasteiger partial charge in [-0.3, -0.25) is 0 Å². The Hall–Kier alpha value is -0.470. The maximum atomic E-state index is 3.62. The fourth-order valence-electron chi connectivity index (χ4n) is 2.34. The number of piperidine rings is 1. The molecule has 1 aliphatic rings. The summed E-state index contributed by atoms with van der Waals surface area (Å²) in [6.45, 7) is 5.60. The minimum absolute atomic E-state index is 0.765. The molecule has 17 heavy (non-hydrogen) atoms. The highest BCUT2D eigenvalue weighted by atomic mass is 32.2. The van der Waals surface area contributed by atoms with Crippen molar-refractivity contribution in [1.29, 1.82) is 0 Å². The van der Waals surface area contributed by atoms with Gasteiger partial charge in [-0.2, -0.15) is 0 Å². The topological polar surface area (TPSA) is 12.0 Å². The molecular weight excluding hydrogens is 226 g/mol. The van der Waals surface area contributed by atoms with E-state index >= 15 is 0 Å². The molecule has 94 valence electrons. The SMILES string of the molecule is Cc1ccc(C)c(SCCC2CCCCN2)c1. The van der Waals surface area contributed by atoms with Crippen molar-refractivity contribution in [2.45, 2.75) is 50.5 Å². The molecule has 1 aromatic rings. The molecule has 0 saturated carbocycles. The van der Waals surface area contributed by atoms with Gasteiger partial charge in [-0.25, -0.2) is 0 Å². The van der Waals surface area contributed by atoms with Gasteiger partial charge < -0.3 is 5.32 Å². The molecule has 0 aliphatic carbocycles. The van der Waals surface area contributed by atoms with Crippen LogP contribution in [0.2, 0.25) is 0 Å². The first-order chi connectivity index (χ1) is 8.25. The number of thioether (sulfide) groups is 1. The van der Waals surface area contributed by atoms with E-state index in [1.54, 1.807) is 0 Å². The number of nitrogens with one attached hydrogen (secondary N) is 1. The van der Waals surface area contributed by atoms with E-state index in [-0.39, 0.29) is 0 Å². The van der Waals surface area contributed by atoms with Crippen LogP contribution in [-0.2, 0) is 0 Å². The number of aryl methyl sites for hydroxylation is 2. The van der Waals surface area contributed by atoms with Crippen LogP contribution in [0.15, 0.2) is 23.1 Å². The van der Waals surface area contributed by atoms with E-state index in [0.29, 0.717) is 0 Å². The molecule has 1 N–H and O–H groups in total. The summed E-state index contributed by atoms with van der Waals surface area (Å²) in [5.74, 6) is 1.24. The minimum Gasteiger partial charge on any atom is -0.314 e. The van der Waals surface area contributed by atoms with E-state index < -0.39 is 0 Å². The summed E-state index contributed by atoms with van der Waals surface area (Å²) < 4.78 is 0. The summed E-state index contributed by atoms with van der Waals surface area (Å²) in [6.07, 6.45) is 5.44. The summed E-state index contributed by atoms with van der Waals surface area (Å²) >= 11 is 2.01. The second-order valence-corrected chi connectivity index (χ2v) is 6.19. The van der Waals surface area contributed by atoms with Crippen molar-refractivity contribution < 1.29 is 0 Å². The number of hydrogen-bond acceptors (Lipinski definition) is 2. The lowest BCUT2D eigenvalue weighted by atomic mass is 10.0. The summed E-state index contributed by atoms with van der Waals surface area (Å²) in [6, 6.07) is 7.51. The molecule has 2 heteroatoms. The van der Waals surface area contributed by atoms with Crippen LogP contribution in [0.3, 0.4) is 0 Å². The maximum Gasteiger partial charge on any atom is 0.0104 e. The van der Waals surface area contributed by atoms with Crippen LogP contribution in [0.1, 0.15) is 36.8 Å². The molecule has 1 fully saturated rings. The normalized spacial score (nSPS) is 20.5. The van der Waals surface area contributed by atoms with E-state index in [4.69, 9.17) is 0 Å². The summed E-state index contributed by atoms with van der Waals surface area (Å²) in [5.41, 5.74) is 2.78. The summed E-state index contributed by atoms with van der Waals surface area (Å²) in [5, 5.41) is 3.62. The second-order valence-electron chi connectivity index (χ2n) is 5.05. The predicted octanol–water partition coefficient (Wildman–Crippen LogP) is 3.93. The van der Waals surface area contributed by atoms with E-state index in [9.17, 15) is 0 Å². The molecule has 1 atom stereocenters. The molecule has 0 aromatic heterocycles. The highest BCUT2D eigenvalue weighted by Gasteiger charge is 2.12. The molecule has 0 spiro atoms. The standard InChI is InChI=1S/C15H23NS/c1-12-6-7-13(2)15(11-12)17-10-8-14-5-3-4-9-16-14/h6-7,11,14,16H,3-5,8-10H2,1-2H3. The molecule has 2 rings (SSSR count). The molecule has 1 nitrogen and oxygen atoms in total. The van der Waals surface area contributed by atoms with Gasteiger partial charge >= 0.3 is 0 Å². The van der Waals surface area contributed by atoms with Crippen LogP contribution in [0.25, 0.3) is 0 Å². The smallest absolute Gasteiger partial charge is 0.0104 e. The van der Waals surface area contributed by atoms with Gasteiger partial charge in [-0.05, 0) is 57.0 Å². The molecule has 1 unspecified atom stereocenters. The highest BCUT2D eigenvalue weighted by Crippen LogP contribution is 2.25. The number of benzene rings is 1. The fraction of sp³-hybridized carbons (Fsp3) is 0.600. The Morgan fingerprint density at radius 1 is 1.29 bits per heavy atom. The highest BCUT2D eigenvalue weighted by molar-refractivity contribution is 7.99. The average Bonchev–Trinajstić information content (AvgIpc) is 2.35. The van der Waals surface area contributed by atoms with Gasteiger partial charge in [0.1, 0.15) is 0 Å². The van der Waals surface area contributed by atoms with Crippen LogP contribution in [0, 0.1) is 13.8 Å². The molecule has 1 saturated heterocycles. The third kappa shape index (κ3) is 4.04. The lowest BCUT2D eigenvalue weighted by Crippen LogP contribution is -2.34. The Labute approximate surface area is 109 Å². The minimum atomic E-state index is 0.765. The van der Waals surface area contributed by atoms with Crippen LogP contribution in [-0.4, -0.2) is 18.3 Å². The number of hydrogen-bond donors (Lipinski definition) is 1. The van der Waals surface area contributed by atoms with Crippen LogP contribution < -0.4 is 5.32 Å². The van der Waals surface area contributed by atoms with Crippen LogP contribution in [0.4, 0.5) is 0 Å². The van der Waals surface area contributed by atoms with Crippen molar-refractivity contribution in [3.05, 3.63) is 29.3 Å². The fourth-order valence-corrected chi connectivity index (χ4v) is 3.53. The van der Waals surface area contributed by atoms with Gasteiger partial charge in [0.25, 0.3) is 0 Å². The van der Waals surface area contributed by atoms with Gasteiger partial charge in [-0.1, -0.05) is 24.1 Å². The van der Waals surface area contributed by atoms with Gasteiger partial charge in [0.2, 0.25) is 0 Å². The monoisotopic (exact) mass is 249 g/mol. The van der Waals surface area contributed by atoms with Gasteiger partial charge in [0, 0.05) is 10.9 Å². The molecular formula is C15H23NS. The zero-order valence-corrected chi connectivity index (χ0v) is 11.8. The molecule has 1 aliphatic heterocycles. The largest absolute Gasteiger partial charge is 0.314 e. The van der Waals surface area contributed by atoms with Crippen molar-refractivity contribution in [1.82, 2.24) is 5.32 Å². The zero-order chi connectivity index (χ0) is 12.1. The summed E-state index contributed by atoms with van der Waals surface area (Å²) in [7, 11) is 0. The van der Waals surface area contributed by atoms with Crippen molar-refractivity contribution in [2.75, 3.05) is 12.3 Å². The van der Waals surface area contributed by atoms with E-state index in [0.717, 1.165) is 6.04 Å². The Kier molecular flexibility index (Phi) is 4.93. The first-order valence-electron chi connectivity index (χ1n) is 6.69. The second kappa shape index (κ2) is 6.46. The predicted molar refractivity (Wildman–Crippen MR) is 76.9 cm³/mol. The Balaban J connectivity index is 1.79. The van der Waals surface area contributed by atoms with Crippen molar-refractivity contribution in [3.63, 3.8) is 0 Å². The van der Waals surface area contributed by atoms with Crippen LogP contribution >= 0.6 is 11.8 Å². The van der Waals surface area contributed by atoms with E-state index in [2.05, 4.69) is 37.4 Å². The Morgan fingerprint density at radius 3 is 2.94 bits per heavy atom. The Morgan fingerprint density at radius 2 is 2.18 bits per heavy atom. The maximum absolute atomic E-state index is 3.62.